The van der Waals surface area contributed by atoms with Crippen molar-refractivity contribution in [1.82, 2.24) is 9.55 Å². The second kappa shape index (κ2) is 9.01. The Hall–Kier alpha value is -5.24. The number of benzene rings is 3. The van der Waals surface area contributed by atoms with Crippen LogP contribution in [0.4, 0.5) is 10.1 Å². The lowest BCUT2D eigenvalue weighted by atomic mass is 9.99. The Balaban J connectivity index is 1.35. The van der Waals surface area contributed by atoms with Crippen LogP contribution in [0.25, 0.3) is 28.2 Å². The molecular formula is C30H20FN3O4. The third kappa shape index (κ3) is 3.98. The minimum absolute atomic E-state index is 0.108. The number of anilines is 1. The van der Waals surface area contributed by atoms with Crippen LogP contribution in [0.1, 0.15) is 26.3 Å². The fourth-order valence-corrected chi connectivity index (χ4v) is 4.58. The number of Topliss-reactive ketones (excluding diaryl/α,β-unsaturated/α-hetero) is 1. The van der Waals surface area contributed by atoms with Gasteiger partial charge in [-0.3, -0.25) is 9.59 Å². The number of ether oxygens (including phenoxy) is 1. The highest BCUT2D eigenvalue weighted by molar-refractivity contribution is 6.17. The molecule has 7 nitrogen and oxygen atoms in total. The van der Waals surface area contributed by atoms with Gasteiger partial charge in [0.1, 0.15) is 28.5 Å². The van der Waals surface area contributed by atoms with Gasteiger partial charge in [0.25, 0.3) is 5.91 Å². The lowest BCUT2D eigenvalue weighted by Gasteiger charge is -2.08. The van der Waals surface area contributed by atoms with E-state index >= 15 is 0 Å². The summed E-state index contributed by atoms with van der Waals surface area (Å²) >= 11 is 0. The summed E-state index contributed by atoms with van der Waals surface area (Å²) in [6.07, 6.45) is 5.22. The van der Waals surface area contributed by atoms with Crippen LogP contribution in [0.15, 0.2) is 90.9 Å². The predicted octanol–water partition coefficient (Wildman–Crippen LogP) is 5.95. The number of pyridine rings is 1. The molecule has 3 heterocycles. The highest BCUT2D eigenvalue weighted by Crippen LogP contribution is 2.39. The van der Waals surface area contributed by atoms with E-state index in [1.807, 2.05) is 36.0 Å². The van der Waals surface area contributed by atoms with Gasteiger partial charge in [0.15, 0.2) is 5.76 Å². The van der Waals surface area contributed by atoms with E-state index in [1.54, 1.807) is 36.5 Å². The van der Waals surface area contributed by atoms with Crippen molar-refractivity contribution < 1.29 is 23.8 Å². The van der Waals surface area contributed by atoms with E-state index in [0.717, 1.165) is 22.1 Å². The Morgan fingerprint density at radius 1 is 1.05 bits per heavy atom. The number of amides is 1. The topological polar surface area (TPSA) is 93.5 Å². The molecule has 3 aromatic carbocycles. The maximum atomic E-state index is 13.1. The molecule has 5 aromatic rings. The highest BCUT2D eigenvalue weighted by atomic mass is 19.1. The van der Waals surface area contributed by atoms with Crippen LogP contribution in [-0.2, 0) is 7.05 Å². The molecule has 2 N–H and O–H groups in total. The summed E-state index contributed by atoms with van der Waals surface area (Å²) in [5.41, 5.74) is 4.23. The number of hydrogen-bond acceptors (Lipinski definition) is 5. The summed E-state index contributed by atoms with van der Waals surface area (Å²) in [5, 5.41) is 13.7. The summed E-state index contributed by atoms with van der Waals surface area (Å²) in [4.78, 5) is 30.1. The molecule has 0 saturated heterocycles. The third-order valence-electron chi connectivity index (χ3n) is 6.41. The lowest BCUT2D eigenvalue weighted by Crippen LogP contribution is -2.11. The number of fused-ring (bicyclic) bond motifs is 2. The SMILES string of the molecule is Cn1cc(C=C2Oc3cccc(O)c3C2=O)c2c(-c3ccc(C(=O)Nc4ccc(F)cc4)cc3)ccnc21. The highest BCUT2D eigenvalue weighted by Gasteiger charge is 2.30. The molecule has 0 saturated carbocycles. The Labute approximate surface area is 216 Å². The number of nitrogens with zero attached hydrogens (tertiary/aromatic N) is 2. The van der Waals surface area contributed by atoms with Crippen molar-refractivity contribution in [2.75, 3.05) is 5.32 Å². The van der Waals surface area contributed by atoms with Gasteiger partial charge >= 0.3 is 0 Å². The summed E-state index contributed by atoms with van der Waals surface area (Å²) in [6, 6.07) is 19.2. The van der Waals surface area contributed by atoms with Gasteiger partial charge in [-0.05, 0) is 71.8 Å². The average Bonchev–Trinajstić information content (AvgIpc) is 3.42. The first-order valence-electron chi connectivity index (χ1n) is 11.8. The van der Waals surface area contributed by atoms with E-state index < -0.39 is 5.78 Å². The molecule has 0 unspecified atom stereocenters. The number of allylic oxidation sites excluding steroid dienone is 1. The van der Waals surface area contributed by atoms with Gasteiger partial charge in [-0.2, -0.15) is 0 Å². The average molecular weight is 506 g/mol. The van der Waals surface area contributed by atoms with E-state index in [4.69, 9.17) is 4.74 Å². The molecule has 8 heteroatoms. The zero-order valence-electron chi connectivity index (χ0n) is 20.1. The molecule has 186 valence electrons. The number of aryl methyl sites for hydroxylation is 1. The summed E-state index contributed by atoms with van der Waals surface area (Å²) in [7, 11) is 1.86. The normalized spacial score (nSPS) is 13.5. The molecule has 1 aliphatic heterocycles. The van der Waals surface area contributed by atoms with Gasteiger partial charge in [-0.25, -0.2) is 9.37 Å². The fraction of sp³-hybridized carbons (Fsp3) is 0.0333. The van der Waals surface area contributed by atoms with Gasteiger partial charge in [0, 0.05) is 41.6 Å². The number of hydrogen-bond donors (Lipinski definition) is 2. The minimum Gasteiger partial charge on any atom is -0.507 e. The number of nitrogens with one attached hydrogen (secondary N) is 1. The van der Waals surface area contributed by atoms with Crippen molar-refractivity contribution in [1.29, 1.82) is 0 Å². The molecule has 0 aliphatic carbocycles. The van der Waals surface area contributed by atoms with Crippen LogP contribution >= 0.6 is 0 Å². The Morgan fingerprint density at radius 2 is 1.82 bits per heavy atom. The third-order valence-corrected chi connectivity index (χ3v) is 6.41. The Morgan fingerprint density at radius 3 is 2.55 bits per heavy atom. The minimum atomic E-state index is -0.392. The van der Waals surface area contributed by atoms with Crippen molar-refractivity contribution in [2.45, 2.75) is 0 Å². The first kappa shape index (κ1) is 23.2. The van der Waals surface area contributed by atoms with Crippen molar-refractivity contribution >= 4 is 34.5 Å². The van der Waals surface area contributed by atoms with Gasteiger partial charge in [-0.15, -0.1) is 0 Å². The molecule has 0 bridgehead atoms. The number of rotatable bonds is 4. The summed E-state index contributed by atoms with van der Waals surface area (Å²) in [5.74, 6) is -0.783. The van der Waals surface area contributed by atoms with Crippen LogP contribution in [0, 0.1) is 5.82 Å². The van der Waals surface area contributed by atoms with Crippen molar-refractivity contribution in [2.24, 2.45) is 7.05 Å². The fourth-order valence-electron chi connectivity index (χ4n) is 4.58. The molecule has 0 radical (unpaired) electrons. The molecule has 0 fully saturated rings. The van der Waals surface area contributed by atoms with Crippen LogP contribution in [0.3, 0.4) is 0 Å². The summed E-state index contributed by atoms with van der Waals surface area (Å²) < 4.78 is 20.8. The number of aromatic hydroxyl groups is 1. The van der Waals surface area contributed by atoms with E-state index in [0.29, 0.717) is 22.6 Å². The number of phenols is 1. The van der Waals surface area contributed by atoms with Crippen molar-refractivity contribution in [3.8, 4) is 22.6 Å². The molecular weight excluding hydrogens is 485 g/mol. The van der Waals surface area contributed by atoms with E-state index in [-0.39, 0.29) is 28.8 Å². The first-order chi connectivity index (χ1) is 18.4. The molecule has 0 atom stereocenters. The van der Waals surface area contributed by atoms with Crippen LogP contribution in [0.5, 0.6) is 11.5 Å². The number of phenolic OH excluding ortho intramolecular Hbond substituents is 1. The summed E-state index contributed by atoms with van der Waals surface area (Å²) in [6.45, 7) is 0. The predicted molar refractivity (Wildman–Crippen MR) is 142 cm³/mol. The molecule has 1 amide bonds. The van der Waals surface area contributed by atoms with E-state index in [1.165, 1.54) is 30.3 Å². The molecule has 2 aromatic heterocycles. The van der Waals surface area contributed by atoms with Crippen molar-refractivity contribution in [3.63, 3.8) is 0 Å². The smallest absolute Gasteiger partial charge is 0.255 e. The quantitative estimate of drug-likeness (QED) is 0.294. The van der Waals surface area contributed by atoms with Gasteiger partial charge in [0.2, 0.25) is 5.78 Å². The number of carbonyl (C=O) groups is 2. The van der Waals surface area contributed by atoms with Gasteiger partial charge in [0.05, 0.1) is 0 Å². The number of aromatic nitrogens is 2. The number of halogens is 1. The number of carbonyl (C=O) groups excluding carboxylic acids is 2. The maximum absolute atomic E-state index is 13.1. The van der Waals surface area contributed by atoms with E-state index in [9.17, 15) is 19.1 Å². The van der Waals surface area contributed by atoms with Crippen molar-refractivity contribution in [3.05, 3.63) is 113 Å². The number of ketones is 1. The van der Waals surface area contributed by atoms with Gasteiger partial charge in [-0.1, -0.05) is 18.2 Å². The Kier molecular flexibility index (Phi) is 5.49. The zero-order chi connectivity index (χ0) is 26.4. The monoisotopic (exact) mass is 505 g/mol. The zero-order valence-corrected chi connectivity index (χ0v) is 20.1. The first-order valence-corrected chi connectivity index (χ1v) is 11.8. The van der Waals surface area contributed by atoms with Gasteiger partial charge < -0.3 is 19.7 Å². The molecule has 1 aliphatic rings. The molecule has 0 spiro atoms. The standard InChI is InChI=1S/C30H20FN3O4/c1-34-16-19(15-25-28(36)27-23(35)3-2-4-24(27)38-25)26-22(13-14-32-29(26)34)17-5-7-18(8-6-17)30(37)33-21-11-9-20(31)10-12-21/h2-16,35H,1H3,(H,33,37). The maximum Gasteiger partial charge on any atom is 0.255 e. The Bertz CT molecular complexity index is 1770. The van der Waals surface area contributed by atoms with Crippen LogP contribution in [0.2, 0.25) is 0 Å². The second-order valence-corrected chi connectivity index (χ2v) is 8.88. The molecule has 6 rings (SSSR count). The van der Waals surface area contributed by atoms with Crippen LogP contribution < -0.4 is 10.1 Å². The van der Waals surface area contributed by atoms with E-state index in [2.05, 4.69) is 10.3 Å². The largest absolute Gasteiger partial charge is 0.507 e. The lowest BCUT2D eigenvalue weighted by molar-refractivity contribution is 0.101. The molecule has 38 heavy (non-hydrogen) atoms. The van der Waals surface area contributed by atoms with Crippen LogP contribution in [-0.4, -0.2) is 26.3 Å². The second-order valence-electron chi connectivity index (χ2n) is 8.88.